The van der Waals surface area contributed by atoms with Crippen LogP contribution in [0, 0.1) is 0 Å². The Labute approximate surface area is 170 Å². The summed E-state index contributed by atoms with van der Waals surface area (Å²) < 4.78 is 2.11. The molecular formula is C21H27N5OS. The lowest BCUT2D eigenvalue weighted by atomic mass is 10.2. The van der Waals surface area contributed by atoms with Crippen LogP contribution in [0.1, 0.15) is 30.1 Å². The van der Waals surface area contributed by atoms with E-state index in [-0.39, 0.29) is 5.91 Å². The molecule has 1 aliphatic carbocycles. The van der Waals surface area contributed by atoms with Crippen molar-refractivity contribution >= 4 is 17.7 Å². The lowest BCUT2D eigenvalue weighted by Crippen LogP contribution is -2.48. The van der Waals surface area contributed by atoms with Crippen molar-refractivity contribution in [2.24, 2.45) is 0 Å². The number of benzene rings is 1. The molecular weight excluding hydrogens is 370 g/mol. The Balaban J connectivity index is 1.26. The summed E-state index contributed by atoms with van der Waals surface area (Å²) in [6.45, 7) is 8.91. The second-order valence-electron chi connectivity index (χ2n) is 7.45. The van der Waals surface area contributed by atoms with Gasteiger partial charge in [0.05, 0.1) is 5.75 Å². The quantitative estimate of drug-likeness (QED) is 0.506. The Hall–Kier alpha value is -2.12. The highest BCUT2D eigenvalue weighted by Gasteiger charge is 2.30. The fourth-order valence-corrected chi connectivity index (χ4v) is 4.42. The Bertz CT molecular complexity index is 809. The maximum Gasteiger partial charge on any atom is 0.233 e. The second-order valence-corrected chi connectivity index (χ2v) is 8.39. The highest BCUT2D eigenvalue weighted by Crippen LogP contribution is 2.40. The van der Waals surface area contributed by atoms with Crippen LogP contribution in [0.2, 0.25) is 0 Å². The van der Waals surface area contributed by atoms with E-state index in [0.29, 0.717) is 18.2 Å². The summed E-state index contributed by atoms with van der Waals surface area (Å²) in [4.78, 5) is 17.1. The summed E-state index contributed by atoms with van der Waals surface area (Å²) >= 11 is 1.49. The minimum absolute atomic E-state index is 0.186. The number of carbonyl (C=O) groups is 1. The van der Waals surface area contributed by atoms with Crippen LogP contribution in [0.4, 0.5) is 0 Å². The first-order valence-corrected chi connectivity index (χ1v) is 10.9. The predicted molar refractivity (Wildman–Crippen MR) is 111 cm³/mol. The van der Waals surface area contributed by atoms with Gasteiger partial charge in [0.1, 0.15) is 5.82 Å². The SMILES string of the molecule is C=CCn1c(SCC(=O)N2CCN(Cc3ccccc3)CC2)nnc1C1CC1. The number of rotatable bonds is 8. The van der Waals surface area contributed by atoms with E-state index in [1.54, 1.807) is 0 Å². The van der Waals surface area contributed by atoms with E-state index in [0.717, 1.165) is 43.7 Å². The first-order valence-electron chi connectivity index (χ1n) is 9.95. The average molecular weight is 398 g/mol. The smallest absolute Gasteiger partial charge is 0.233 e. The van der Waals surface area contributed by atoms with Gasteiger partial charge in [-0.25, -0.2) is 0 Å². The molecule has 0 N–H and O–H groups in total. The van der Waals surface area contributed by atoms with Crippen molar-refractivity contribution in [1.82, 2.24) is 24.6 Å². The molecule has 1 aliphatic heterocycles. The van der Waals surface area contributed by atoms with Gasteiger partial charge in [-0.05, 0) is 18.4 Å². The normalized spacial score (nSPS) is 17.6. The van der Waals surface area contributed by atoms with Crippen molar-refractivity contribution in [1.29, 1.82) is 0 Å². The molecule has 6 nitrogen and oxygen atoms in total. The molecule has 0 spiro atoms. The van der Waals surface area contributed by atoms with Gasteiger partial charge >= 0.3 is 0 Å². The van der Waals surface area contributed by atoms with E-state index in [2.05, 4.69) is 50.5 Å². The van der Waals surface area contributed by atoms with Gasteiger partial charge in [-0.15, -0.1) is 16.8 Å². The van der Waals surface area contributed by atoms with Crippen LogP contribution in [0.5, 0.6) is 0 Å². The van der Waals surface area contributed by atoms with E-state index < -0.39 is 0 Å². The lowest BCUT2D eigenvalue weighted by molar-refractivity contribution is -0.130. The van der Waals surface area contributed by atoms with Gasteiger partial charge in [-0.2, -0.15) is 0 Å². The molecule has 1 saturated carbocycles. The lowest BCUT2D eigenvalue weighted by Gasteiger charge is -2.34. The maximum absolute atomic E-state index is 12.7. The minimum Gasteiger partial charge on any atom is -0.339 e. The zero-order valence-electron chi connectivity index (χ0n) is 16.2. The molecule has 1 saturated heterocycles. The fraction of sp³-hybridized carbons (Fsp3) is 0.476. The van der Waals surface area contributed by atoms with Crippen molar-refractivity contribution in [3.05, 3.63) is 54.4 Å². The first kappa shape index (κ1) is 19.2. The summed E-state index contributed by atoms with van der Waals surface area (Å²) in [5.74, 6) is 2.18. The number of thioether (sulfide) groups is 1. The van der Waals surface area contributed by atoms with E-state index >= 15 is 0 Å². The molecule has 148 valence electrons. The Morgan fingerprint density at radius 2 is 1.89 bits per heavy atom. The molecule has 2 aromatic rings. The highest BCUT2D eigenvalue weighted by molar-refractivity contribution is 7.99. The van der Waals surface area contributed by atoms with E-state index in [1.807, 2.05) is 17.0 Å². The third-order valence-electron chi connectivity index (χ3n) is 5.30. The van der Waals surface area contributed by atoms with E-state index in [4.69, 9.17) is 0 Å². The van der Waals surface area contributed by atoms with E-state index in [9.17, 15) is 4.79 Å². The van der Waals surface area contributed by atoms with Crippen LogP contribution in [0.25, 0.3) is 0 Å². The van der Waals surface area contributed by atoms with Gasteiger partial charge in [-0.1, -0.05) is 48.2 Å². The Morgan fingerprint density at radius 3 is 2.57 bits per heavy atom. The second kappa shape index (κ2) is 8.92. The van der Waals surface area contributed by atoms with Crippen LogP contribution in [-0.4, -0.2) is 62.4 Å². The molecule has 4 rings (SSSR count). The third-order valence-corrected chi connectivity index (χ3v) is 6.25. The van der Waals surface area contributed by atoms with Crippen molar-refractivity contribution < 1.29 is 4.79 Å². The van der Waals surface area contributed by atoms with Crippen LogP contribution in [-0.2, 0) is 17.9 Å². The van der Waals surface area contributed by atoms with Crippen molar-refractivity contribution in [2.45, 2.75) is 37.0 Å². The van der Waals surface area contributed by atoms with Gasteiger partial charge < -0.3 is 9.47 Å². The topological polar surface area (TPSA) is 54.3 Å². The number of piperazine rings is 1. The number of amides is 1. The number of aromatic nitrogens is 3. The largest absolute Gasteiger partial charge is 0.339 e. The molecule has 0 unspecified atom stereocenters. The monoisotopic (exact) mass is 397 g/mol. The molecule has 1 amide bonds. The summed E-state index contributed by atoms with van der Waals surface area (Å²) in [5.41, 5.74) is 1.32. The standard InChI is InChI=1S/C21H27N5OS/c1-2-10-26-20(18-8-9-18)22-23-21(26)28-16-19(27)25-13-11-24(12-14-25)15-17-6-4-3-5-7-17/h2-7,18H,1,8-16H2. The molecule has 2 aliphatic rings. The van der Waals surface area contributed by atoms with Crippen LogP contribution >= 0.6 is 11.8 Å². The first-order chi connectivity index (χ1) is 13.7. The van der Waals surface area contributed by atoms with Crippen molar-refractivity contribution in [3.63, 3.8) is 0 Å². The highest BCUT2D eigenvalue weighted by atomic mass is 32.2. The molecule has 28 heavy (non-hydrogen) atoms. The van der Waals surface area contributed by atoms with Gasteiger partial charge in [0.2, 0.25) is 5.91 Å². The molecule has 1 aromatic carbocycles. The maximum atomic E-state index is 12.7. The predicted octanol–water partition coefficient (Wildman–Crippen LogP) is 2.78. The Morgan fingerprint density at radius 1 is 1.14 bits per heavy atom. The van der Waals surface area contributed by atoms with Crippen molar-refractivity contribution in [2.75, 3.05) is 31.9 Å². The number of nitrogens with zero attached hydrogens (tertiary/aromatic N) is 5. The average Bonchev–Trinajstić information content (AvgIpc) is 3.49. The van der Waals surface area contributed by atoms with Crippen LogP contribution < -0.4 is 0 Å². The fourth-order valence-electron chi connectivity index (χ4n) is 3.57. The van der Waals surface area contributed by atoms with Gasteiger partial charge in [0, 0.05) is 45.2 Å². The molecule has 0 atom stereocenters. The summed E-state index contributed by atoms with van der Waals surface area (Å²) in [6.07, 6.45) is 4.24. The number of hydrogen-bond acceptors (Lipinski definition) is 5. The molecule has 0 bridgehead atoms. The zero-order valence-corrected chi connectivity index (χ0v) is 17.0. The number of allylic oxidation sites excluding steroid dienone is 1. The van der Waals surface area contributed by atoms with Crippen LogP contribution in [0.15, 0.2) is 48.1 Å². The van der Waals surface area contributed by atoms with Gasteiger partial charge in [0.15, 0.2) is 5.16 Å². The number of hydrogen-bond donors (Lipinski definition) is 0. The summed E-state index contributed by atoms with van der Waals surface area (Å²) in [5, 5.41) is 9.50. The van der Waals surface area contributed by atoms with Crippen molar-refractivity contribution in [3.8, 4) is 0 Å². The van der Waals surface area contributed by atoms with Crippen LogP contribution in [0.3, 0.4) is 0 Å². The molecule has 7 heteroatoms. The third kappa shape index (κ3) is 4.64. The molecule has 2 heterocycles. The Kier molecular flexibility index (Phi) is 6.12. The number of carbonyl (C=O) groups excluding carboxylic acids is 1. The van der Waals surface area contributed by atoms with Gasteiger partial charge in [0.25, 0.3) is 0 Å². The summed E-state index contributed by atoms with van der Waals surface area (Å²) in [6, 6.07) is 10.5. The minimum atomic E-state index is 0.186. The van der Waals surface area contributed by atoms with E-state index in [1.165, 1.54) is 30.2 Å². The molecule has 0 radical (unpaired) electrons. The molecule has 2 fully saturated rings. The zero-order chi connectivity index (χ0) is 19.3. The van der Waals surface area contributed by atoms with Gasteiger partial charge in [-0.3, -0.25) is 9.69 Å². The summed E-state index contributed by atoms with van der Waals surface area (Å²) in [7, 11) is 0. The molecule has 1 aromatic heterocycles.